The van der Waals surface area contributed by atoms with Crippen molar-refractivity contribution in [2.45, 2.75) is 25.8 Å². The molecule has 1 atom stereocenters. The van der Waals surface area contributed by atoms with Crippen molar-refractivity contribution in [1.82, 2.24) is 10.6 Å². The fraction of sp³-hybridized carbons (Fsp3) is 0.300. The Bertz CT molecular complexity index is 812. The van der Waals surface area contributed by atoms with Gasteiger partial charge in [-0.2, -0.15) is 0 Å². The Morgan fingerprint density at radius 2 is 1.85 bits per heavy atom. The number of aryl methyl sites for hydroxylation is 1. The highest BCUT2D eigenvalue weighted by Gasteiger charge is 2.22. The van der Waals surface area contributed by atoms with Gasteiger partial charge in [0.05, 0.1) is 6.61 Å². The molecule has 2 N–H and O–H groups in total. The van der Waals surface area contributed by atoms with Gasteiger partial charge in [-0.15, -0.1) is 0 Å². The summed E-state index contributed by atoms with van der Waals surface area (Å²) in [5.74, 6) is -2.26. The summed E-state index contributed by atoms with van der Waals surface area (Å²) in [6.45, 7) is 2.27. The normalized spacial score (nSPS) is 11.6. The number of carbonyl (C=O) groups is 2. The zero-order valence-corrected chi connectivity index (χ0v) is 15.2. The van der Waals surface area contributed by atoms with Crippen LogP contribution in [0.15, 0.2) is 42.5 Å². The van der Waals surface area contributed by atoms with E-state index in [2.05, 4.69) is 10.6 Å². The molecule has 0 aromatic heterocycles. The quantitative estimate of drug-likeness (QED) is 0.696. The summed E-state index contributed by atoms with van der Waals surface area (Å²) >= 11 is 0. The van der Waals surface area contributed by atoms with E-state index >= 15 is 0 Å². The van der Waals surface area contributed by atoms with Crippen LogP contribution in [0.5, 0.6) is 5.75 Å². The molecule has 1 unspecified atom stereocenters. The van der Waals surface area contributed by atoms with Crippen molar-refractivity contribution in [3.05, 3.63) is 65.2 Å². The van der Waals surface area contributed by atoms with Crippen LogP contribution >= 0.6 is 0 Å². The highest BCUT2D eigenvalue weighted by Crippen LogP contribution is 2.18. The van der Waals surface area contributed by atoms with Crippen molar-refractivity contribution in [2.24, 2.45) is 0 Å². The Kier molecular flexibility index (Phi) is 7.28. The van der Waals surface area contributed by atoms with Crippen molar-refractivity contribution in [3.8, 4) is 5.75 Å². The molecule has 0 bridgehead atoms. The SMILES string of the molecule is CNC(=O)C(NC(=O)CCCOc1ccccc1C)c1ccc(F)c(F)c1. The maximum atomic E-state index is 13.5. The third kappa shape index (κ3) is 5.77. The molecule has 0 aliphatic carbocycles. The molecule has 2 aromatic rings. The number of hydrogen-bond donors (Lipinski definition) is 2. The van der Waals surface area contributed by atoms with Crippen molar-refractivity contribution >= 4 is 11.8 Å². The van der Waals surface area contributed by atoms with Crippen LogP contribution in [0.2, 0.25) is 0 Å². The zero-order chi connectivity index (χ0) is 19.8. The average molecular weight is 376 g/mol. The summed E-state index contributed by atoms with van der Waals surface area (Å²) in [5, 5.41) is 4.95. The molecule has 0 radical (unpaired) electrons. The molecule has 0 aliphatic rings. The van der Waals surface area contributed by atoms with E-state index in [4.69, 9.17) is 4.74 Å². The first-order chi connectivity index (χ1) is 12.9. The number of ether oxygens (including phenoxy) is 1. The predicted octanol–water partition coefficient (Wildman–Crippen LogP) is 3.04. The summed E-state index contributed by atoms with van der Waals surface area (Å²) < 4.78 is 32.2. The van der Waals surface area contributed by atoms with Crippen LogP contribution in [0.25, 0.3) is 0 Å². The highest BCUT2D eigenvalue weighted by atomic mass is 19.2. The third-order valence-electron chi connectivity index (χ3n) is 3.99. The van der Waals surface area contributed by atoms with Gasteiger partial charge in [-0.3, -0.25) is 9.59 Å². The number of nitrogens with one attached hydrogen (secondary N) is 2. The molecule has 7 heteroatoms. The molecular formula is C20H22F2N2O3. The van der Waals surface area contributed by atoms with Gasteiger partial charge in [0, 0.05) is 13.5 Å². The first kappa shape index (κ1) is 20.4. The van der Waals surface area contributed by atoms with Crippen LogP contribution in [0.3, 0.4) is 0 Å². The topological polar surface area (TPSA) is 67.4 Å². The van der Waals surface area contributed by atoms with E-state index in [0.29, 0.717) is 13.0 Å². The number of halogens is 2. The smallest absolute Gasteiger partial charge is 0.246 e. The minimum Gasteiger partial charge on any atom is -0.493 e. The monoisotopic (exact) mass is 376 g/mol. The fourth-order valence-corrected chi connectivity index (χ4v) is 2.50. The molecule has 0 saturated carbocycles. The molecular weight excluding hydrogens is 354 g/mol. The summed E-state index contributed by atoms with van der Waals surface area (Å²) in [6, 6.07) is 9.53. The molecule has 0 spiro atoms. The number of likely N-dealkylation sites (N-methyl/N-ethyl adjacent to an activating group) is 1. The number of para-hydroxylation sites is 1. The van der Waals surface area contributed by atoms with Gasteiger partial charge in [-0.05, 0) is 42.7 Å². The summed E-state index contributed by atoms with van der Waals surface area (Å²) in [5.41, 5.74) is 1.16. The minimum absolute atomic E-state index is 0.128. The maximum Gasteiger partial charge on any atom is 0.246 e. The molecule has 2 aromatic carbocycles. The maximum absolute atomic E-state index is 13.5. The van der Waals surface area contributed by atoms with Crippen LogP contribution in [0.1, 0.15) is 30.0 Å². The van der Waals surface area contributed by atoms with Gasteiger partial charge in [-0.1, -0.05) is 24.3 Å². The van der Waals surface area contributed by atoms with Crippen LogP contribution < -0.4 is 15.4 Å². The Balaban J connectivity index is 1.91. The summed E-state index contributed by atoms with van der Waals surface area (Å²) in [7, 11) is 1.40. The van der Waals surface area contributed by atoms with Gasteiger partial charge in [0.15, 0.2) is 11.6 Å². The number of rotatable bonds is 8. The Labute approximate surface area is 156 Å². The molecule has 0 fully saturated rings. The number of amides is 2. The Morgan fingerprint density at radius 3 is 2.52 bits per heavy atom. The van der Waals surface area contributed by atoms with Gasteiger partial charge in [-0.25, -0.2) is 8.78 Å². The van der Waals surface area contributed by atoms with E-state index in [1.165, 1.54) is 13.1 Å². The molecule has 5 nitrogen and oxygen atoms in total. The second kappa shape index (κ2) is 9.66. The van der Waals surface area contributed by atoms with Crippen molar-refractivity contribution < 1.29 is 23.1 Å². The van der Waals surface area contributed by atoms with E-state index < -0.39 is 23.6 Å². The molecule has 2 rings (SSSR count). The first-order valence-corrected chi connectivity index (χ1v) is 8.56. The number of benzene rings is 2. The Hall–Kier alpha value is -2.96. The summed E-state index contributed by atoms with van der Waals surface area (Å²) in [4.78, 5) is 24.2. The van der Waals surface area contributed by atoms with E-state index in [1.807, 2.05) is 31.2 Å². The third-order valence-corrected chi connectivity index (χ3v) is 3.99. The van der Waals surface area contributed by atoms with Gasteiger partial charge >= 0.3 is 0 Å². The van der Waals surface area contributed by atoms with Crippen LogP contribution in [-0.4, -0.2) is 25.5 Å². The average Bonchev–Trinajstić information content (AvgIpc) is 2.66. The van der Waals surface area contributed by atoms with Gasteiger partial charge in [0.1, 0.15) is 11.8 Å². The Morgan fingerprint density at radius 1 is 1.11 bits per heavy atom. The first-order valence-electron chi connectivity index (χ1n) is 8.56. The zero-order valence-electron chi connectivity index (χ0n) is 15.2. The van der Waals surface area contributed by atoms with Gasteiger partial charge in [0.2, 0.25) is 11.8 Å². The van der Waals surface area contributed by atoms with E-state index in [1.54, 1.807) is 0 Å². The highest BCUT2D eigenvalue weighted by molar-refractivity contribution is 5.88. The molecule has 144 valence electrons. The lowest BCUT2D eigenvalue weighted by atomic mass is 10.1. The fourth-order valence-electron chi connectivity index (χ4n) is 2.50. The van der Waals surface area contributed by atoms with Crippen LogP contribution in [0, 0.1) is 18.6 Å². The predicted molar refractivity (Wildman–Crippen MR) is 97.2 cm³/mol. The number of carbonyl (C=O) groups excluding carboxylic acids is 2. The second-order valence-corrected chi connectivity index (χ2v) is 6.01. The van der Waals surface area contributed by atoms with Crippen molar-refractivity contribution in [3.63, 3.8) is 0 Å². The number of hydrogen-bond acceptors (Lipinski definition) is 3. The van der Waals surface area contributed by atoms with Gasteiger partial charge < -0.3 is 15.4 Å². The molecule has 0 heterocycles. The second-order valence-electron chi connectivity index (χ2n) is 6.01. The molecule has 2 amide bonds. The molecule has 0 saturated heterocycles. The standard InChI is InChI=1S/C20H22F2N2O3/c1-13-6-3-4-7-17(13)27-11-5-8-18(25)24-19(20(26)23-2)14-9-10-15(21)16(22)12-14/h3-4,6-7,9-10,12,19H,5,8,11H2,1-2H3,(H,23,26)(H,24,25). The molecule has 27 heavy (non-hydrogen) atoms. The lowest BCUT2D eigenvalue weighted by Gasteiger charge is -2.18. The largest absolute Gasteiger partial charge is 0.493 e. The molecule has 0 aliphatic heterocycles. The lowest BCUT2D eigenvalue weighted by molar-refractivity contribution is -0.129. The lowest BCUT2D eigenvalue weighted by Crippen LogP contribution is -2.39. The van der Waals surface area contributed by atoms with Crippen LogP contribution in [-0.2, 0) is 9.59 Å². The van der Waals surface area contributed by atoms with Crippen molar-refractivity contribution in [1.29, 1.82) is 0 Å². The van der Waals surface area contributed by atoms with E-state index in [0.717, 1.165) is 23.4 Å². The van der Waals surface area contributed by atoms with E-state index in [9.17, 15) is 18.4 Å². The van der Waals surface area contributed by atoms with Crippen molar-refractivity contribution in [2.75, 3.05) is 13.7 Å². The van der Waals surface area contributed by atoms with Gasteiger partial charge in [0.25, 0.3) is 0 Å². The van der Waals surface area contributed by atoms with E-state index in [-0.39, 0.29) is 17.9 Å². The van der Waals surface area contributed by atoms with Crippen LogP contribution in [0.4, 0.5) is 8.78 Å². The minimum atomic E-state index is -1.10. The summed E-state index contributed by atoms with van der Waals surface area (Å²) in [6.07, 6.45) is 0.571.